The second-order valence-corrected chi connectivity index (χ2v) is 5.44. The highest BCUT2D eigenvalue weighted by atomic mass is 35.5. The van der Waals surface area contributed by atoms with E-state index in [4.69, 9.17) is 22.1 Å². The molecule has 19 heavy (non-hydrogen) atoms. The van der Waals surface area contributed by atoms with Gasteiger partial charge in [0.25, 0.3) is 0 Å². The summed E-state index contributed by atoms with van der Waals surface area (Å²) < 4.78 is 5.79. The lowest BCUT2D eigenvalue weighted by molar-refractivity contribution is 0.314. The van der Waals surface area contributed by atoms with Crippen molar-refractivity contribution in [3.05, 3.63) is 28.3 Å². The monoisotopic (exact) mass is 283 g/mol. The van der Waals surface area contributed by atoms with Crippen molar-refractivity contribution in [3.8, 4) is 5.75 Å². The average Bonchev–Trinajstić information content (AvgIpc) is 2.38. The Hall–Kier alpha value is -0.730. The van der Waals surface area contributed by atoms with Crippen molar-refractivity contribution in [3.63, 3.8) is 0 Å². The average molecular weight is 284 g/mol. The molecule has 0 saturated heterocycles. The largest absolute Gasteiger partial charge is 0.492 e. The molecule has 0 spiro atoms. The number of rotatable bonds is 8. The minimum absolute atomic E-state index is 0.202. The fraction of sp³-hybridized carbons (Fsp3) is 0.625. The van der Waals surface area contributed by atoms with Crippen molar-refractivity contribution in [1.29, 1.82) is 0 Å². The molecule has 0 radical (unpaired) electrons. The first-order valence-corrected chi connectivity index (χ1v) is 7.69. The molecule has 1 atom stereocenters. The Labute approximate surface area is 122 Å². The SMILES string of the molecule is CCCOc1c(Cl)cc(CC(N)CC)cc1CCC. The number of ether oxygens (including phenoxy) is 1. The minimum atomic E-state index is 0.202. The fourth-order valence-corrected chi connectivity index (χ4v) is 2.41. The van der Waals surface area contributed by atoms with Gasteiger partial charge in [-0.1, -0.05) is 44.9 Å². The Bertz CT molecular complexity index is 393. The van der Waals surface area contributed by atoms with E-state index in [0.717, 1.165) is 42.9 Å². The standard InChI is InChI=1S/C16H26ClNO/c1-4-7-13-9-12(10-14(18)6-3)11-15(17)16(13)19-8-5-2/h9,11,14H,4-8,10,18H2,1-3H3. The summed E-state index contributed by atoms with van der Waals surface area (Å²) in [6, 6.07) is 4.41. The highest BCUT2D eigenvalue weighted by molar-refractivity contribution is 6.32. The molecule has 3 heteroatoms. The Morgan fingerprint density at radius 2 is 1.95 bits per heavy atom. The van der Waals surface area contributed by atoms with Crippen LogP contribution in [-0.4, -0.2) is 12.6 Å². The zero-order valence-corrected chi connectivity index (χ0v) is 13.1. The summed E-state index contributed by atoms with van der Waals surface area (Å²) in [5.74, 6) is 0.860. The maximum atomic E-state index is 6.37. The number of hydrogen-bond donors (Lipinski definition) is 1. The van der Waals surface area contributed by atoms with E-state index in [-0.39, 0.29) is 6.04 Å². The number of hydrogen-bond acceptors (Lipinski definition) is 2. The molecule has 2 nitrogen and oxygen atoms in total. The van der Waals surface area contributed by atoms with E-state index < -0.39 is 0 Å². The first-order chi connectivity index (χ1) is 9.12. The third-order valence-corrected chi connectivity index (χ3v) is 3.45. The molecule has 0 aliphatic carbocycles. The summed E-state index contributed by atoms with van der Waals surface area (Å²) in [4.78, 5) is 0. The van der Waals surface area contributed by atoms with Gasteiger partial charge >= 0.3 is 0 Å². The molecule has 0 fully saturated rings. The van der Waals surface area contributed by atoms with Gasteiger partial charge in [0.15, 0.2) is 0 Å². The molecule has 108 valence electrons. The number of benzene rings is 1. The molecule has 0 amide bonds. The predicted molar refractivity (Wildman–Crippen MR) is 83.2 cm³/mol. The van der Waals surface area contributed by atoms with Gasteiger partial charge in [0, 0.05) is 6.04 Å². The van der Waals surface area contributed by atoms with Crippen molar-refractivity contribution in [2.75, 3.05) is 6.61 Å². The first-order valence-electron chi connectivity index (χ1n) is 7.31. The molecule has 0 aliphatic rings. The van der Waals surface area contributed by atoms with Gasteiger partial charge in [0.1, 0.15) is 5.75 Å². The maximum absolute atomic E-state index is 6.37. The summed E-state index contributed by atoms with van der Waals surface area (Å²) in [6.45, 7) is 7.09. The molecule has 0 saturated carbocycles. The van der Waals surface area contributed by atoms with Crippen molar-refractivity contribution in [1.82, 2.24) is 0 Å². The summed E-state index contributed by atoms with van der Waals surface area (Å²) in [5.41, 5.74) is 8.45. The third kappa shape index (κ3) is 5.04. The van der Waals surface area contributed by atoms with Crippen LogP contribution in [0.5, 0.6) is 5.75 Å². The van der Waals surface area contributed by atoms with Crippen LogP contribution in [0.3, 0.4) is 0 Å². The third-order valence-electron chi connectivity index (χ3n) is 3.17. The molecule has 1 unspecified atom stereocenters. The van der Waals surface area contributed by atoms with Crippen LogP contribution in [-0.2, 0) is 12.8 Å². The molecule has 1 aromatic rings. The normalized spacial score (nSPS) is 12.5. The molecular formula is C16H26ClNO. The smallest absolute Gasteiger partial charge is 0.141 e. The topological polar surface area (TPSA) is 35.2 Å². The van der Waals surface area contributed by atoms with E-state index in [0.29, 0.717) is 6.61 Å². The van der Waals surface area contributed by atoms with Gasteiger partial charge < -0.3 is 10.5 Å². The molecular weight excluding hydrogens is 258 g/mol. The van der Waals surface area contributed by atoms with Gasteiger partial charge in [-0.15, -0.1) is 0 Å². The van der Waals surface area contributed by atoms with Gasteiger partial charge in [-0.25, -0.2) is 0 Å². The van der Waals surface area contributed by atoms with Gasteiger partial charge in [-0.3, -0.25) is 0 Å². The van der Waals surface area contributed by atoms with Crippen LogP contribution in [0.15, 0.2) is 12.1 Å². The second kappa shape index (κ2) is 8.44. The maximum Gasteiger partial charge on any atom is 0.141 e. The minimum Gasteiger partial charge on any atom is -0.492 e. The van der Waals surface area contributed by atoms with Crippen LogP contribution in [0.4, 0.5) is 0 Å². The van der Waals surface area contributed by atoms with E-state index >= 15 is 0 Å². The lowest BCUT2D eigenvalue weighted by atomic mass is 10.00. The van der Waals surface area contributed by atoms with Crippen molar-refractivity contribution < 1.29 is 4.74 Å². The van der Waals surface area contributed by atoms with E-state index in [1.54, 1.807) is 0 Å². The molecule has 0 bridgehead atoms. The lowest BCUT2D eigenvalue weighted by Crippen LogP contribution is -2.21. The molecule has 1 aromatic carbocycles. The summed E-state index contributed by atoms with van der Waals surface area (Å²) in [5, 5.41) is 0.720. The zero-order chi connectivity index (χ0) is 14.3. The predicted octanol–water partition coefficient (Wildman–Crippen LogP) is 4.36. The van der Waals surface area contributed by atoms with Gasteiger partial charge in [0.05, 0.1) is 11.6 Å². The Morgan fingerprint density at radius 1 is 1.21 bits per heavy atom. The molecule has 0 aliphatic heterocycles. The van der Waals surface area contributed by atoms with Gasteiger partial charge in [-0.05, 0) is 42.9 Å². The lowest BCUT2D eigenvalue weighted by Gasteiger charge is -2.16. The summed E-state index contributed by atoms with van der Waals surface area (Å²) >= 11 is 6.37. The zero-order valence-electron chi connectivity index (χ0n) is 12.3. The second-order valence-electron chi connectivity index (χ2n) is 5.04. The molecule has 2 N–H and O–H groups in total. The first kappa shape index (κ1) is 16.3. The Balaban J connectivity index is 2.98. The Kier molecular flexibility index (Phi) is 7.25. The van der Waals surface area contributed by atoms with Gasteiger partial charge in [-0.2, -0.15) is 0 Å². The number of aryl methyl sites for hydroxylation is 1. The van der Waals surface area contributed by atoms with Crippen molar-refractivity contribution >= 4 is 11.6 Å². The summed E-state index contributed by atoms with van der Waals surface area (Å²) in [7, 11) is 0. The highest BCUT2D eigenvalue weighted by Gasteiger charge is 2.12. The molecule has 0 heterocycles. The van der Waals surface area contributed by atoms with Crippen LogP contribution < -0.4 is 10.5 Å². The van der Waals surface area contributed by atoms with Crippen LogP contribution in [0.2, 0.25) is 5.02 Å². The molecule has 1 rings (SSSR count). The van der Waals surface area contributed by atoms with E-state index in [1.165, 1.54) is 11.1 Å². The van der Waals surface area contributed by atoms with E-state index in [9.17, 15) is 0 Å². The Morgan fingerprint density at radius 3 is 2.53 bits per heavy atom. The number of nitrogens with two attached hydrogens (primary N) is 1. The molecule has 0 aromatic heterocycles. The van der Waals surface area contributed by atoms with Crippen LogP contribution in [0.1, 0.15) is 51.2 Å². The van der Waals surface area contributed by atoms with Crippen LogP contribution >= 0.6 is 11.6 Å². The van der Waals surface area contributed by atoms with Crippen LogP contribution in [0, 0.1) is 0 Å². The van der Waals surface area contributed by atoms with E-state index in [2.05, 4.69) is 26.8 Å². The van der Waals surface area contributed by atoms with E-state index in [1.807, 2.05) is 6.07 Å². The summed E-state index contributed by atoms with van der Waals surface area (Å²) in [6.07, 6.45) is 4.93. The van der Waals surface area contributed by atoms with Gasteiger partial charge in [0.2, 0.25) is 0 Å². The highest BCUT2D eigenvalue weighted by Crippen LogP contribution is 2.32. The number of halogens is 1. The fourth-order valence-electron chi connectivity index (χ4n) is 2.10. The van der Waals surface area contributed by atoms with Crippen molar-refractivity contribution in [2.24, 2.45) is 5.73 Å². The van der Waals surface area contributed by atoms with Crippen molar-refractivity contribution in [2.45, 2.75) is 58.9 Å². The quantitative estimate of drug-likeness (QED) is 0.769. The van der Waals surface area contributed by atoms with Crippen LogP contribution in [0.25, 0.3) is 0 Å².